The summed E-state index contributed by atoms with van der Waals surface area (Å²) in [5.74, 6) is 2.12. The van der Waals surface area contributed by atoms with Gasteiger partial charge in [-0.15, -0.1) is 0 Å². The number of nitrogens with one attached hydrogen (secondary N) is 1. The van der Waals surface area contributed by atoms with E-state index in [0.717, 1.165) is 11.1 Å². The van der Waals surface area contributed by atoms with Gasteiger partial charge in [-0.25, -0.2) is 4.98 Å². The van der Waals surface area contributed by atoms with Gasteiger partial charge in [-0.05, 0) is 31.5 Å². The third kappa shape index (κ3) is 5.88. The molecule has 1 heterocycles. The van der Waals surface area contributed by atoms with Crippen LogP contribution in [-0.2, 0) is 0 Å². The monoisotopic (exact) mass is 457 g/mol. The molecule has 0 saturated heterocycles. The molecule has 0 bridgehead atoms. The molecular weight excluding hydrogens is 430 g/mol. The summed E-state index contributed by atoms with van der Waals surface area (Å²) < 4.78 is 16.4. The lowest BCUT2D eigenvalue weighted by molar-refractivity contribution is 0.101. The quantitative estimate of drug-likeness (QED) is 0.471. The van der Waals surface area contributed by atoms with Crippen molar-refractivity contribution in [2.45, 2.75) is 26.0 Å². The van der Waals surface area contributed by atoms with E-state index in [0.29, 0.717) is 34.6 Å². The molecule has 0 radical (unpaired) electrons. The second-order valence-electron chi connectivity index (χ2n) is 7.31. The van der Waals surface area contributed by atoms with Gasteiger partial charge in [0.15, 0.2) is 11.5 Å². The van der Waals surface area contributed by atoms with Gasteiger partial charge >= 0.3 is 0 Å². The number of aryl methyl sites for hydroxylation is 1. The van der Waals surface area contributed by atoms with Gasteiger partial charge < -0.3 is 24.6 Å². The SMILES string of the molecule is COc1ccc(C(C)NCC(O)COc2nc(C)nc(-c3ccccc3)c2Cl)cc1OC. The number of rotatable bonds is 10. The average Bonchev–Trinajstić information content (AvgIpc) is 2.82. The zero-order chi connectivity index (χ0) is 23.1. The number of aliphatic hydroxyl groups excluding tert-OH is 1. The number of aromatic nitrogens is 2. The summed E-state index contributed by atoms with van der Waals surface area (Å²) in [5, 5.41) is 14.0. The second-order valence-corrected chi connectivity index (χ2v) is 7.69. The molecule has 1 aromatic heterocycles. The van der Waals surface area contributed by atoms with Crippen LogP contribution in [0.2, 0.25) is 5.02 Å². The zero-order valence-electron chi connectivity index (χ0n) is 18.6. The van der Waals surface area contributed by atoms with Crippen molar-refractivity contribution in [3.63, 3.8) is 0 Å². The van der Waals surface area contributed by atoms with E-state index in [1.165, 1.54) is 0 Å². The molecule has 0 spiro atoms. The Kier molecular flexibility index (Phi) is 8.27. The third-order valence-electron chi connectivity index (χ3n) is 4.96. The summed E-state index contributed by atoms with van der Waals surface area (Å²) in [6.45, 7) is 4.14. The highest BCUT2D eigenvalue weighted by Gasteiger charge is 2.17. The van der Waals surface area contributed by atoms with Crippen LogP contribution in [0.4, 0.5) is 0 Å². The Bertz CT molecular complexity index is 1030. The summed E-state index contributed by atoms with van der Waals surface area (Å²) in [7, 11) is 3.20. The first kappa shape index (κ1) is 23.8. The van der Waals surface area contributed by atoms with Crippen molar-refractivity contribution < 1.29 is 19.3 Å². The van der Waals surface area contributed by atoms with E-state index < -0.39 is 6.10 Å². The normalized spacial score (nSPS) is 12.8. The van der Waals surface area contributed by atoms with E-state index in [9.17, 15) is 5.11 Å². The molecule has 32 heavy (non-hydrogen) atoms. The number of aliphatic hydroxyl groups is 1. The maximum Gasteiger partial charge on any atom is 0.236 e. The van der Waals surface area contributed by atoms with Gasteiger partial charge in [-0.3, -0.25) is 0 Å². The topological polar surface area (TPSA) is 85.7 Å². The lowest BCUT2D eigenvalue weighted by atomic mass is 10.1. The number of hydrogen-bond donors (Lipinski definition) is 2. The maximum absolute atomic E-state index is 10.4. The standard InChI is InChI=1S/C24H28ClN3O4/c1-15(18-10-11-20(30-3)21(12-18)31-4)26-13-19(29)14-32-24-22(25)23(27-16(2)28-24)17-8-6-5-7-9-17/h5-12,15,19,26,29H,13-14H2,1-4H3. The minimum atomic E-state index is -0.760. The van der Waals surface area contributed by atoms with Crippen molar-refractivity contribution in [3.05, 3.63) is 64.9 Å². The van der Waals surface area contributed by atoms with Crippen molar-refractivity contribution >= 4 is 11.6 Å². The van der Waals surface area contributed by atoms with E-state index in [-0.39, 0.29) is 18.5 Å². The first-order valence-corrected chi connectivity index (χ1v) is 10.7. The van der Waals surface area contributed by atoms with Gasteiger partial charge in [-0.1, -0.05) is 48.0 Å². The van der Waals surface area contributed by atoms with Gasteiger partial charge in [0.1, 0.15) is 23.6 Å². The van der Waals surface area contributed by atoms with Crippen LogP contribution in [0.5, 0.6) is 17.4 Å². The largest absolute Gasteiger partial charge is 0.493 e. The number of nitrogens with zero attached hydrogens (tertiary/aromatic N) is 2. The van der Waals surface area contributed by atoms with Gasteiger partial charge in [-0.2, -0.15) is 4.98 Å². The Morgan fingerprint density at radius 1 is 1.03 bits per heavy atom. The lowest BCUT2D eigenvalue weighted by Gasteiger charge is -2.19. The van der Waals surface area contributed by atoms with Crippen molar-refractivity contribution in [1.29, 1.82) is 0 Å². The summed E-state index contributed by atoms with van der Waals surface area (Å²) in [6.07, 6.45) is -0.760. The van der Waals surface area contributed by atoms with Crippen LogP contribution in [0.15, 0.2) is 48.5 Å². The van der Waals surface area contributed by atoms with Gasteiger partial charge in [0.25, 0.3) is 0 Å². The van der Waals surface area contributed by atoms with Gasteiger partial charge in [0, 0.05) is 18.2 Å². The minimum Gasteiger partial charge on any atom is -0.493 e. The molecule has 0 aliphatic rings. The molecule has 3 aromatic rings. The molecule has 170 valence electrons. The summed E-state index contributed by atoms with van der Waals surface area (Å²) >= 11 is 6.49. The van der Waals surface area contributed by atoms with Crippen LogP contribution in [0.1, 0.15) is 24.4 Å². The molecular formula is C24H28ClN3O4. The lowest BCUT2D eigenvalue weighted by Crippen LogP contribution is -2.33. The van der Waals surface area contributed by atoms with Crippen LogP contribution in [0.25, 0.3) is 11.3 Å². The number of halogens is 1. The highest BCUT2D eigenvalue weighted by Crippen LogP contribution is 2.33. The summed E-state index contributed by atoms with van der Waals surface area (Å²) in [4.78, 5) is 8.72. The van der Waals surface area contributed by atoms with E-state index in [1.54, 1.807) is 21.1 Å². The summed E-state index contributed by atoms with van der Waals surface area (Å²) in [6, 6.07) is 15.3. The Balaban J connectivity index is 1.59. The number of benzene rings is 2. The van der Waals surface area contributed by atoms with Crippen molar-refractivity contribution in [3.8, 4) is 28.6 Å². The van der Waals surface area contributed by atoms with Crippen LogP contribution in [-0.4, -0.2) is 48.5 Å². The second kappa shape index (κ2) is 11.1. The molecule has 2 N–H and O–H groups in total. The highest BCUT2D eigenvalue weighted by atomic mass is 35.5. The van der Waals surface area contributed by atoms with E-state index in [1.807, 2.05) is 55.5 Å². The Morgan fingerprint density at radius 2 is 1.75 bits per heavy atom. The van der Waals surface area contributed by atoms with Crippen LogP contribution in [0, 0.1) is 6.92 Å². The fraction of sp³-hybridized carbons (Fsp3) is 0.333. The van der Waals surface area contributed by atoms with Crippen LogP contribution >= 0.6 is 11.6 Å². The average molecular weight is 458 g/mol. The predicted molar refractivity (Wildman–Crippen MR) is 125 cm³/mol. The Hall–Kier alpha value is -2.87. The third-order valence-corrected chi connectivity index (χ3v) is 5.30. The number of methoxy groups -OCH3 is 2. The van der Waals surface area contributed by atoms with E-state index >= 15 is 0 Å². The molecule has 2 atom stereocenters. The molecule has 3 rings (SSSR count). The molecule has 0 saturated carbocycles. The molecule has 7 nitrogen and oxygen atoms in total. The molecule has 2 unspecified atom stereocenters. The Morgan fingerprint density at radius 3 is 2.44 bits per heavy atom. The van der Waals surface area contributed by atoms with Crippen molar-refractivity contribution in [2.24, 2.45) is 0 Å². The van der Waals surface area contributed by atoms with Crippen LogP contribution in [0.3, 0.4) is 0 Å². The van der Waals surface area contributed by atoms with Crippen molar-refractivity contribution in [1.82, 2.24) is 15.3 Å². The van der Waals surface area contributed by atoms with E-state index in [2.05, 4.69) is 15.3 Å². The molecule has 0 aliphatic carbocycles. The van der Waals surface area contributed by atoms with E-state index in [4.69, 9.17) is 25.8 Å². The molecule has 0 aliphatic heterocycles. The molecule has 0 amide bonds. The van der Waals surface area contributed by atoms with Crippen LogP contribution < -0.4 is 19.5 Å². The molecule has 8 heteroatoms. The molecule has 2 aromatic carbocycles. The smallest absolute Gasteiger partial charge is 0.236 e. The minimum absolute atomic E-state index is 0.0148. The Labute approximate surface area is 193 Å². The van der Waals surface area contributed by atoms with Gasteiger partial charge in [0.05, 0.1) is 19.9 Å². The number of ether oxygens (including phenoxy) is 3. The van der Waals surface area contributed by atoms with Crippen molar-refractivity contribution in [2.75, 3.05) is 27.4 Å². The fourth-order valence-corrected chi connectivity index (χ4v) is 3.45. The molecule has 0 fully saturated rings. The first-order chi connectivity index (χ1) is 15.4. The predicted octanol–water partition coefficient (Wildman–Crippen LogP) is 4.21. The fourth-order valence-electron chi connectivity index (χ4n) is 3.20. The number of hydrogen-bond acceptors (Lipinski definition) is 7. The first-order valence-electron chi connectivity index (χ1n) is 10.3. The zero-order valence-corrected chi connectivity index (χ0v) is 19.4. The maximum atomic E-state index is 10.4. The highest BCUT2D eigenvalue weighted by molar-refractivity contribution is 6.34. The van der Waals surface area contributed by atoms with Gasteiger partial charge in [0.2, 0.25) is 5.88 Å². The summed E-state index contributed by atoms with van der Waals surface area (Å²) in [5.41, 5.74) is 2.49.